The Kier molecular flexibility index (Phi) is 4.43. The standard InChI is InChI=1S/C17H17FN2O2S/c1-12-6-7-15(23-12)17(22)20-10-8-19(9-11-20)16(21)13-4-2-3-5-14(13)18/h2-7H,8-11H2,1H3. The molecule has 0 saturated carbocycles. The quantitative estimate of drug-likeness (QED) is 0.848. The van der Waals surface area contributed by atoms with E-state index in [0.29, 0.717) is 26.2 Å². The lowest BCUT2D eigenvalue weighted by atomic mass is 10.1. The molecule has 0 aliphatic carbocycles. The highest BCUT2D eigenvalue weighted by Crippen LogP contribution is 2.19. The number of hydrogen-bond acceptors (Lipinski definition) is 3. The molecule has 0 N–H and O–H groups in total. The van der Waals surface area contributed by atoms with Gasteiger partial charge in [-0.2, -0.15) is 0 Å². The first-order valence-corrected chi connectivity index (χ1v) is 8.27. The molecule has 23 heavy (non-hydrogen) atoms. The van der Waals surface area contributed by atoms with Crippen molar-refractivity contribution in [3.8, 4) is 0 Å². The van der Waals surface area contributed by atoms with Crippen LogP contribution >= 0.6 is 11.3 Å². The van der Waals surface area contributed by atoms with Gasteiger partial charge in [0.05, 0.1) is 10.4 Å². The largest absolute Gasteiger partial charge is 0.335 e. The molecule has 2 amide bonds. The summed E-state index contributed by atoms with van der Waals surface area (Å²) in [6, 6.07) is 9.74. The lowest BCUT2D eigenvalue weighted by molar-refractivity contribution is 0.0535. The van der Waals surface area contributed by atoms with E-state index in [2.05, 4.69) is 0 Å². The molecule has 3 rings (SSSR count). The lowest BCUT2D eigenvalue weighted by Crippen LogP contribution is -2.50. The van der Waals surface area contributed by atoms with Gasteiger partial charge in [-0.15, -0.1) is 11.3 Å². The van der Waals surface area contributed by atoms with Crippen LogP contribution in [0.15, 0.2) is 36.4 Å². The highest BCUT2D eigenvalue weighted by molar-refractivity contribution is 7.13. The predicted octanol–water partition coefficient (Wildman–Crippen LogP) is 2.79. The Labute approximate surface area is 138 Å². The molecule has 0 unspecified atom stereocenters. The summed E-state index contributed by atoms with van der Waals surface area (Å²) in [5.41, 5.74) is 0.0844. The first-order chi connectivity index (χ1) is 11.1. The summed E-state index contributed by atoms with van der Waals surface area (Å²) < 4.78 is 13.7. The van der Waals surface area contributed by atoms with Crippen LogP contribution in [0.25, 0.3) is 0 Å². The number of nitrogens with zero attached hydrogens (tertiary/aromatic N) is 2. The van der Waals surface area contributed by atoms with Crippen molar-refractivity contribution in [3.63, 3.8) is 0 Å². The molecule has 0 atom stereocenters. The molecule has 2 heterocycles. The van der Waals surface area contributed by atoms with Crippen LogP contribution < -0.4 is 0 Å². The van der Waals surface area contributed by atoms with Crippen molar-refractivity contribution in [2.24, 2.45) is 0 Å². The van der Waals surface area contributed by atoms with Crippen LogP contribution in [0.1, 0.15) is 24.9 Å². The minimum atomic E-state index is -0.509. The zero-order valence-electron chi connectivity index (χ0n) is 12.8. The first-order valence-electron chi connectivity index (χ1n) is 7.46. The number of thiophene rings is 1. The lowest BCUT2D eigenvalue weighted by Gasteiger charge is -2.34. The minimum absolute atomic E-state index is 0.00101. The third-order valence-corrected chi connectivity index (χ3v) is 4.90. The van der Waals surface area contributed by atoms with Gasteiger partial charge >= 0.3 is 0 Å². The number of benzene rings is 1. The summed E-state index contributed by atoms with van der Waals surface area (Å²) in [5, 5.41) is 0. The summed E-state index contributed by atoms with van der Waals surface area (Å²) in [6.07, 6.45) is 0. The van der Waals surface area contributed by atoms with Gasteiger partial charge in [0, 0.05) is 31.1 Å². The van der Waals surface area contributed by atoms with E-state index in [0.717, 1.165) is 9.75 Å². The smallest absolute Gasteiger partial charge is 0.264 e. The molecule has 1 aliphatic heterocycles. The van der Waals surface area contributed by atoms with E-state index in [1.54, 1.807) is 21.9 Å². The van der Waals surface area contributed by atoms with Crippen molar-refractivity contribution < 1.29 is 14.0 Å². The molecule has 0 spiro atoms. The van der Waals surface area contributed by atoms with Crippen molar-refractivity contribution in [2.45, 2.75) is 6.92 Å². The number of amides is 2. The Morgan fingerprint density at radius 3 is 2.13 bits per heavy atom. The van der Waals surface area contributed by atoms with Crippen molar-refractivity contribution in [1.82, 2.24) is 9.80 Å². The fraction of sp³-hybridized carbons (Fsp3) is 0.294. The number of hydrogen-bond donors (Lipinski definition) is 0. The molecule has 1 aromatic carbocycles. The normalized spacial score (nSPS) is 14.9. The van der Waals surface area contributed by atoms with Gasteiger partial charge in [-0.05, 0) is 31.2 Å². The summed E-state index contributed by atoms with van der Waals surface area (Å²) in [4.78, 5) is 29.9. The Balaban J connectivity index is 1.63. The molecule has 4 nitrogen and oxygen atoms in total. The number of rotatable bonds is 2. The van der Waals surface area contributed by atoms with Crippen LogP contribution in [-0.2, 0) is 0 Å². The van der Waals surface area contributed by atoms with Crippen LogP contribution in [0.4, 0.5) is 4.39 Å². The number of halogens is 1. The van der Waals surface area contributed by atoms with E-state index in [-0.39, 0.29) is 17.4 Å². The van der Waals surface area contributed by atoms with Crippen LogP contribution in [0.3, 0.4) is 0 Å². The second-order valence-corrected chi connectivity index (χ2v) is 6.76. The maximum atomic E-state index is 13.7. The van der Waals surface area contributed by atoms with Gasteiger partial charge in [-0.3, -0.25) is 9.59 Å². The van der Waals surface area contributed by atoms with Crippen LogP contribution in [0, 0.1) is 12.7 Å². The second-order valence-electron chi connectivity index (χ2n) is 5.47. The average Bonchev–Trinajstić information content (AvgIpc) is 3.01. The first kappa shape index (κ1) is 15.7. The Morgan fingerprint density at radius 2 is 1.57 bits per heavy atom. The second kappa shape index (κ2) is 6.50. The fourth-order valence-electron chi connectivity index (χ4n) is 2.62. The summed E-state index contributed by atoms with van der Waals surface area (Å²) in [7, 11) is 0. The highest BCUT2D eigenvalue weighted by Gasteiger charge is 2.27. The van der Waals surface area contributed by atoms with E-state index in [1.165, 1.54) is 23.5 Å². The summed E-state index contributed by atoms with van der Waals surface area (Å²) in [6.45, 7) is 3.74. The number of aryl methyl sites for hydroxylation is 1. The molecule has 6 heteroatoms. The van der Waals surface area contributed by atoms with Crippen LogP contribution in [0.5, 0.6) is 0 Å². The van der Waals surface area contributed by atoms with E-state index >= 15 is 0 Å². The van der Waals surface area contributed by atoms with Gasteiger partial charge < -0.3 is 9.80 Å². The molecule has 2 aromatic rings. The summed E-state index contributed by atoms with van der Waals surface area (Å²) >= 11 is 1.47. The molecule has 0 bridgehead atoms. The predicted molar refractivity (Wildman–Crippen MR) is 87.3 cm³/mol. The zero-order chi connectivity index (χ0) is 16.4. The van der Waals surface area contributed by atoms with E-state index in [1.807, 2.05) is 19.1 Å². The van der Waals surface area contributed by atoms with Gasteiger partial charge in [0.15, 0.2) is 0 Å². The molecular weight excluding hydrogens is 315 g/mol. The molecule has 0 radical (unpaired) electrons. The third kappa shape index (κ3) is 3.27. The van der Waals surface area contributed by atoms with Gasteiger partial charge in [-0.25, -0.2) is 4.39 Å². The van der Waals surface area contributed by atoms with Crippen molar-refractivity contribution in [1.29, 1.82) is 0 Å². The van der Waals surface area contributed by atoms with Gasteiger partial charge in [0.2, 0.25) is 0 Å². The van der Waals surface area contributed by atoms with Gasteiger partial charge in [0.25, 0.3) is 11.8 Å². The molecule has 120 valence electrons. The Morgan fingerprint density at radius 1 is 0.957 bits per heavy atom. The SMILES string of the molecule is Cc1ccc(C(=O)N2CCN(C(=O)c3ccccc3F)CC2)s1. The number of carbonyl (C=O) groups is 2. The monoisotopic (exact) mass is 332 g/mol. The Bertz CT molecular complexity index is 736. The molecule has 1 saturated heterocycles. The van der Waals surface area contributed by atoms with E-state index in [4.69, 9.17) is 0 Å². The molecule has 1 aliphatic rings. The van der Waals surface area contributed by atoms with Gasteiger partial charge in [-0.1, -0.05) is 12.1 Å². The summed E-state index contributed by atoms with van der Waals surface area (Å²) in [5.74, 6) is -0.826. The maximum Gasteiger partial charge on any atom is 0.264 e. The van der Waals surface area contributed by atoms with Crippen LogP contribution in [0.2, 0.25) is 0 Å². The number of piperazine rings is 1. The van der Waals surface area contributed by atoms with E-state index < -0.39 is 5.82 Å². The van der Waals surface area contributed by atoms with Crippen molar-refractivity contribution in [2.75, 3.05) is 26.2 Å². The molecular formula is C17H17FN2O2S. The number of carbonyl (C=O) groups excluding carboxylic acids is 2. The van der Waals surface area contributed by atoms with Crippen molar-refractivity contribution >= 4 is 23.2 Å². The fourth-order valence-corrected chi connectivity index (χ4v) is 3.46. The Hall–Kier alpha value is -2.21. The highest BCUT2D eigenvalue weighted by atomic mass is 32.1. The van der Waals surface area contributed by atoms with Crippen LogP contribution in [-0.4, -0.2) is 47.8 Å². The maximum absolute atomic E-state index is 13.7. The molecule has 1 fully saturated rings. The molecule has 1 aromatic heterocycles. The van der Waals surface area contributed by atoms with Crippen molar-refractivity contribution in [3.05, 3.63) is 57.5 Å². The van der Waals surface area contributed by atoms with Gasteiger partial charge in [0.1, 0.15) is 5.82 Å². The minimum Gasteiger partial charge on any atom is -0.335 e. The average molecular weight is 332 g/mol. The van der Waals surface area contributed by atoms with E-state index in [9.17, 15) is 14.0 Å². The third-order valence-electron chi connectivity index (χ3n) is 3.91. The zero-order valence-corrected chi connectivity index (χ0v) is 13.6. The topological polar surface area (TPSA) is 40.6 Å².